The summed E-state index contributed by atoms with van der Waals surface area (Å²) in [5.41, 5.74) is 0.609. The summed E-state index contributed by atoms with van der Waals surface area (Å²) in [6.45, 7) is 8.83. The average molecular weight is 314 g/mol. The number of rotatable bonds is 3. The van der Waals surface area contributed by atoms with E-state index in [9.17, 15) is 0 Å². The topological polar surface area (TPSA) is 36.4 Å². The van der Waals surface area contributed by atoms with Crippen LogP contribution in [0.15, 0.2) is 23.2 Å². The summed E-state index contributed by atoms with van der Waals surface area (Å²) >= 11 is 12.3. The molecule has 1 heterocycles. The standard InChI is InChI=1S/C15H21Cl2N3/c1-8(2)12-13(9(3)4)19-15(18-12)20-14-10(16)6-5-7-11(14)17/h5-9,12-13H,1-4H3,(H2,18,19,20). The number of halogens is 2. The normalized spacial score (nSPS) is 22.1. The third kappa shape index (κ3) is 3.21. The van der Waals surface area contributed by atoms with Gasteiger partial charge in [-0.1, -0.05) is 57.0 Å². The number of nitrogens with one attached hydrogen (secondary N) is 2. The number of benzene rings is 1. The lowest BCUT2D eigenvalue weighted by Crippen LogP contribution is -2.41. The van der Waals surface area contributed by atoms with Crippen molar-refractivity contribution >= 4 is 34.8 Å². The molecule has 1 saturated heterocycles. The first-order valence-corrected chi connectivity index (χ1v) is 7.71. The fraction of sp³-hybridized carbons (Fsp3) is 0.533. The Hall–Kier alpha value is -0.930. The zero-order valence-electron chi connectivity index (χ0n) is 12.2. The lowest BCUT2D eigenvalue weighted by Gasteiger charge is -2.24. The Morgan fingerprint density at radius 2 is 1.40 bits per heavy atom. The van der Waals surface area contributed by atoms with Gasteiger partial charge in [-0.2, -0.15) is 0 Å². The third-order valence-electron chi connectivity index (χ3n) is 3.59. The summed E-state index contributed by atoms with van der Waals surface area (Å²) < 4.78 is 0. The molecule has 3 nitrogen and oxygen atoms in total. The SMILES string of the molecule is CC(C)C1NC(=Nc2c(Cl)cccc2Cl)NC1C(C)C. The molecule has 5 heteroatoms. The van der Waals surface area contributed by atoms with Crippen molar-refractivity contribution in [3.63, 3.8) is 0 Å². The van der Waals surface area contributed by atoms with Gasteiger partial charge < -0.3 is 10.6 Å². The number of hydrogen-bond acceptors (Lipinski definition) is 1. The molecule has 1 aliphatic rings. The molecule has 1 aromatic carbocycles. The second-order valence-electron chi connectivity index (χ2n) is 5.86. The molecule has 1 aliphatic heterocycles. The van der Waals surface area contributed by atoms with E-state index < -0.39 is 0 Å². The first kappa shape index (κ1) is 15.5. The zero-order chi connectivity index (χ0) is 14.9. The van der Waals surface area contributed by atoms with E-state index in [2.05, 4.69) is 43.3 Å². The molecule has 2 unspecified atom stereocenters. The molecule has 20 heavy (non-hydrogen) atoms. The predicted molar refractivity (Wildman–Crippen MR) is 87.1 cm³/mol. The van der Waals surface area contributed by atoms with Crippen LogP contribution < -0.4 is 10.6 Å². The van der Waals surface area contributed by atoms with E-state index in [0.29, 0.717) is 39.7 Å². The molecule has 2 rings (SSSR count). The van der Waals surface area contributed by atoms with Crippen LogP contribution in [0, 0.1) is 11.8 Å². The molecule has 1 aromatic rings. The van der Waals surface area contributed by atoms with Gasteiger partial charge >= 0.3 is 0 Å². The summed E-state index contributed by atoms with van der Waals surface area (Å²) in [6, 6.07) is 6.12. The average Bonchev–Trinajstić information content (AvgIpc) is 2.78. The molecule has 0 radical (unpaired) electrons. The van der Waals surface area contributed by atoms with Crippen LogP contribution in [0.25, 0.3) is 0 Å². The largest absolute Gasteiger partial charge is 0.351 e. The summed E-state index contributed by atoms with van der Waals surface area (Å²) in [5.74, 6) is 1.78. The summed E-state index contributed by atoms with van der Waals surface area (Å²) in [6.07, 6.45) is 0. The van der Waals surface area contributed by atoms with E-state index >= 15 is 0 Å². The van der Waals surface area contributed by atoms with E-state index in [1.54, 1.807) is 12.1 Å². The van der Waals surface area contributed by atoms with Crippen LogP contribution in [0.1, 0.15) is 27.7 Å². The molecule has 0 amide bonds. The van der Waals surface area contributed by atoms with Gasteiger partial charge in [-0.05, 0) is 24.0 Å². The number of guanidine groups is 1. The quantitative estimate of drug-likeness (QED) is 0.876. The molecular formula is C15H21Cl2N3. The highest BCUT2D eigenvalue weighted by Gasteiger charge is 2.34. The van der Waals surface area contributed by atoms with Crippen molar-refractivity contribution in [2.24, 2.45) is 16.8 Å². The Labute approximate surface area is 130 Å². The van der Waals surface area contributed by atoms with E-state index in [-0.39, 0.29) is 0 Å². The van der Waals surface area contributed by atoms with Crippen LogP contribution in [0.5, 0.6) is 0 Å². The van der Waals surface area contributed by atoms with E-state index in [1.165, 1.54) is 0 Å². The zero-order valence-corrected chi connectivity index (χ0v) is 13.8. The number of nitrogens with zero attached hydrogens (tertiary/aromatic N) is 1. The Kier molecular flexibility index (Phi) is 4.82. The molecule has 1 fully saturated rings. The van der Waals surface area contributed by atoms with Crippen LogP contribution in [0.2, 0.25) is 10.0 Å². The Bertz CT molecular complexity index is 474. The van der Waals surface area contributed by atoms with Gasteiger partial charge in [0.2, 0.25) is 0 Å². The Morgan fingerprint density at radius 1 is 0.950 bits per heavy atom. The van der Waals surface area contributed by atoms with Crippen molar-refractivity contribution in [2.45, 2.75) is 39.8 Å². The van der Waals surface area contributed by atoms with Crippen molar-refractivity contribution in [1.82, 2.24) is 10.6 Å². The molecular weight excluding hydrogens is 293 g/mol. The highest BCUT2D eigenvalue weighted by molar-refractivity contribution is 6.38. The van der Waals surface area contributed by atoms with Gasteiger partial charge in [-0.15, -0.1) is 0 Å². The highest BCUT2D eigenvalue weighted by atomic mass is 35.5. The number of para-hydroxylation sites is 1. The lowest BCUT2D eigenvalue weighted by molar-refractivity contribution is 0.337. The molecule has 0 aromatic heterocycles. The minimum Gasteiger partial charge on any atom is -0.351 e. The van der Waals surface area contributed by atoms with E-state index in [0.717, 1.165) is 5.96 Å². The highest BCUT2D eigenvalue weighted by Crippen LogP contribution is 2.33. The maximum absolute atomic E-state index is 6.16. The molecule has 0 spiro atoms. The van der Waals surface area contributed by atoms with Gasteiger partial charge in [0.1, 0.15) is 5.69 Å². The van der Waals surface area contributed by atoms with Crippen molar-refractivity contribution < 1.29 is 0 Å². The Morgan fingerprint density at radius 3 is 1.80 bits per heavy atom. The van der Waals surface area contributed by atoms with Gasteiger partial charge in [-0.25, -0.2) is 4.99 Å². The first-order chi connectivity index (χ1) is 9.40. The number of hydrogen-bond donors (Lipinski definition) is 2. The second-order valence-corrected chi connectivity index (χ2v) is 6.67. The van der Waals surface area contributed by atoms with Gasteiger partial charge in [0, 0.05) is 0 Å². The fourth-order valence-corrected chi connectivity index (χ4v) is 2.95. The van der Waals surface area contributed by atoms with Gasteiger partial charge in [0.05, 0.1) is 22.1 Å². The van der Waals surface area contributed by atoms with Gasteiger partial charge in [0.15, 0.2) is 5.96 Å². The number of aliphatic imine (C=N–C) groups is 1. The summed E-state index contributed by atoms with van der Waals surface area (Å²) in [5, 5.41) is 8.01. The maximum Gasteiger partial charge on any atom is 0.197 e. The summed E-state index contributed by atoms with van der Waals surface area (Å²) in [7, 11) is 0. The molecule has 110 valence electrons. The minimum absolute atomic E-state index is 0.356. The van der Waals surface area contributed by atoms with Crippen LogP contribution >= 0.6 is 23.2 Å². The van der Waals surface area contributed by atoms with Crippen molar-refractivity contribution in [1.29, 1.82) is 0 Å². The maximum atomic E-state index is 6.16. The molecule has 2 N–H and O–H groups in total. The van der Waals surface area contributed by atoms with Crippen LogP contribution in [-0.4, -0.2) is 18.0 Å². The van der Waals surface area contributed by atoms with Crippen LogP contribution in [-0.2, 0) is 0 Å². The van der Waals surface area contributed by atoms with Crippen LogP contribution in [0.3, 0.4) is 0 Å². The van der Waals surface area contributed by atoms with Gasteiger partial charge in [-0.3, -0.25) is 0 Å². The smallest absolute Gasteiger partial charge is 0.197 e. The molecule has 0 saturated carbocycles. The first-order valence-electron chi connectivity index (χ1n) is 6.96. The third-order valence-corrected chi connectivity index (χ3v) is 4.20. The Balaban J connectivity index is 2.29. The predicted octanol–water partition coefficient (Wildman–Crippen LogP) is 4.22. The van der Waals surface area contributed by atoms with E-state index in [1.807, 2.05) is 6.07 Å². The van der Waals surface area contributed by atoms with Crippen molar-refractivity contribution in [3.8, 4) is 0 Å². The minimum atomic E-state index is 0.356. The van der Waals surface area contributed by atoms with Crippen molar-refractivity contribution in [3.05, 3.63) is 28.2 Å². The van der Waals surface area contributed by atoms with Gasteiger partial charge in [0.25, 0.3) is 0 Å². The summed E-state index contributed by atoms with van der Waals surface area (Å²) in [4.78, 5) is 4.55. The lowest BCUT2D eigenvalue weighted by atomic mass is 9.90. The fourth-order valence-electron chi connectivity index (χ4n) is 2.47. The second kappa shape index (κ2) is 6.23. The monoisotopic (exact) mass is 313 g/mol. The molecule has 0 bridgehead atoms. The van der Waals surface area contributed by atoms with Crippen LogP contribution in [0.4, 0.5) is 5.69 Å². The van der Waals surface area contributed by atoms with E-state index in [4.69, 9.17) is 23.2 Å². The van der Waals surface area contributed by atoms with Crippen molar-refractivity contribution in [2.75, 3.05) is 0 Å². The molecule has 0 aliphatic carbocycles. The molecule has 2 atom stereocenters.